The quantitative estimate of drug-likeness (QED) is 0.391. The van der Waals surface area contributed by atoms with E-state index in [1.807, 2.05) is 68.4 Å². The van der Waals surface area contributed by atoms with Crippen LogP contribution < -0.4 is 0 Å². The fourth-order valence-electron chi connectivity index (χ4n) is 2.70. The van der Waals surface area contributed by atoms with Crippen molar-refractivity contribution in [1.29, 1.82) is 0 Å². The second-order valence-electron chi connectivity index (χ2n) is 8.05. The van der Waals surface area contributed by atoms with Crippen LogP contribution in [0.1, 0.15) is 37.5 Å². The monoisotopic (exact) mass is 432 g/mol. The minimum atomic E-state index is -0.858. The molecule has 0 aromatic heterocycles. The number of halogens is 1. The summed E-state index contributed by atoms with van der Waals surface area (Å²) in [4.78, 5) is 13.1. The molecule has 0 aliphatic heterocycles. The van der Waals surface area contributed by atoms with Gasteiger partial charge in [0.25, 0.3) is 0 Å². The molecule has 0 bridgehead atoms. The van der Waals surface area contributed by atoms with Gasteiger partial charge in [-0.15, -0.1) is 0 Å². The average Bonchev–Trinajstić information content (AvgIpc) is 2.66. The first-order valence-electron chi connectivity index (χ1n) is 9.19. The molecule has 0 heterocycles. The van der Waals surface area contributed by atoms with E-state index in [2.05, 4.69) is 29.8 Å². The smallest absolute Gasteiger partial charge is 0.318 e. The van der Waals surface area contributed by atoms with Crippen LogP contribution in [0.25, 0.3) is 0 Å². The van der Waals surface area contributed by atoms with Crippen LogP contribution in [0.3, 0.4) is 0 Å². The van der Waals surface area contributed by atoms with Crippen LogP contribution in [0, 0.1) is 12.3 Å². The zero-order chi connectivity index (χ0) is 19.9. The van der Waals surface area contributed by atoms with E-state index in [-0.39, 0.29) is 24.6 Å². The minimum Gasteiger partial charge on any atom is -0.460 e. The Bertz CT molecular complexity index is 742. The molecule has 27 heavy (non-hydrogen) atoms. The number of rotatable bonds is 9. The molecular weight excluding hydrogens is 404 g/mol. The van der Waals surface area contributed by atoms with Gasteiger partial charge in [-0.05, 0) is 30.4 Å². The molecule has 3 nitrogen and oxygen atoms in total. The van der Waals surface area contributed by atoms with Crippen LogP contribution in [0.15, 0.2) is 54.6 Å². The van der Waals surface area contributed by atoms with E-state index < -0.39 is 5.41 Å². The van der Waals surface area contributed by atoms with Crippen molar-refractivity contribution >= 4 is 21.9 Å². The minimum absolute atomic E-state index is 0.00145. The standard InChI is InChI=1S/C23H29BrO3/c1-18-9-8-12-20(13-18)23(4,17-26-16-22(2,3)15-24)21(25)27-14-19-10-6-5-7-11-19/h5-13H,14-17H2,1-4H3. The molecular formula is C23H29BrO3. The van der Waals surface area contributed by atoms with Crippen LogP contribution >= 0.6 is 15.9 Å². The molecule has 0 spiro atoms. The van der Waals surface area contributed by atoms with Crippen molar-refractivity contribution in [2.75, 3.05) is 18.5 Å². The summed E-state index contributed by atoms with van der Waals surface area (Å²) in [5, 5.41) is 0.833. The van der Waals surface area contributed by atoms with Gasteiger partial charge in [-0.3, -0.25) is 4.79 Å². The normalized spacial score (nSPS) is 13.8. The first-order valence-corrected chi connectivity index (χ1v) is 10.3. The first kappa shape index (κ1) is 21.6. The van der Waals surface area contributed by atoms with Gasteiger partial charge >= 0.3 is 5.97 Å². The summed E-state index contributed by atoms with van der Waals surface area (Å²) in [5.74, 6) is -0.270. The molecule has 0 amide bonds. The van der Waals surface area contributed by atoms with Crippen molar-refractivity contribution in [3.05, 3.63) is 71.3 Å². The molecule has 0 saturated carbocycles. The highest BCUT2D eigenvalue weighted by atomic mass is 79.9. The van der Waals surface area contributed by atoms with Crippen molar-refractivity contribution in [2.45, 2.75) is 39.7 Å². The van der Waals surface area contributed by atoms with Crippen molar-refractivity contribution in [1.82, 2.24) is 0 Å². The maximum absolute atomic E-state index is 13.1. The Morgan fingerprint density at radius 1 is 1.00 bits per heavy atom. The molecule has 146 valence electrons. The van der Waals surface area contributed by atoms with Gasteiger partial charge < -0.3 is 9.47 Å². The van der Waals surface area contributed by atoms with Crippen molar-refractivity contribution < 1.29 is 14.3 Å². The van der Waals surface area contributed by atoms with Crippen LogP contribution in [-0.4, -0.2) is 24.5 Å². The summed E-state index contributed by atoms with van der Waals surface area (Å²) < 4.78 is 11.7. The van der Waals surface area contributed by atoms with Gasteiger partial charge in [-0.25, -0.2) is 0 Å². The molecule has 4 heteroatoms. The molecule has 0 radical (unpaired) electrons. The Morgan fingerprint density at radius 3 is 2.33 bits per heavy atom. The maximum Gasteiger partial charge on any atom is 0.318 e. The Labute approximate surface area is 171 Å². The van der Waals surface area contributed by atoms with Crippen LogP contribution in [-0.2, 0) is 26.3 Å². The molecule has 2 aromatic carbocycles. The Kier molecular flexibility index (Phi) is 7.63. The second-order valence-corrected chi connectivity index (χ2v) is 8.61. The van der Waals surface area contributed by atoms with E-state index in [9.17, 15) is 4.79 Å². The fourth-order valence-corrected chi connectivity index (χ4v) is 2.86. The highest BCUT2D eigenvalue weighted by molar-refractivity contribution is 9.09. The Hall–Kier alpha value is -1.65. The van der Waals surface area contributed by atoms with Crippen LogP contribution in [0.4, 0.5) is 0 Å². The van der Waals surface area contributed by atoms with Gasteiger partial charge in [0.05, 0.1) is 13.2 Å². The zero-order valence-corrected chi connectivity index (χ0v) is 18.2. The van der Waals surface area contributed by atoms with Crippen molar-refractivity contribution in [3.8, 4) is 0 Å². The SMILES string of the molecule is Cc1cccc(C(C)(COCC(C)(C)CBr)C(=O)OCc2ccccc2)c1. The number of benzene rings is 2. The third-order valence-corrected chi connectivity index (χ3v) is 6.08. The van der Waals surface area contributed by atoms with E-state index >= 15 is 0 Å². The molecule has 0 saturated heterocycles. The lowest BCUT2D eigenvalue weighted by Crippen LogP contribution is -2.40. The number of carbonyl (C=O) groups excluding carboxylic acids is 1. The molecule has 0 N–H and O–H groups in total. The van der Waals surface area contributed by atoms with E-state index in [0.717, 1.165) is 22.0 Å². The number of hydrogen-bond acceptors (Lipinski definition) is 3. The highest BCUT2D eigenvalue weighted by Gasteiger charge is 2.38. The summed E-state index contributed by atoms with van der Waals surface area (Å²) in [6, 6.07) is 17.7. The maximum atomic E-state index is 13.1. The summed E-state index contributed by atoms with van der Waals surface area (Å²) in [6.07, 6.45) is 0. The predicted molar refractivity (Wildman–Crippen MR) is 113 cm³/mol. The highest BCUT2D eigenvalue weighted by Crippen LogP contribution is 2.29. The van der Waals surface area contributed by atoms with E-state index in [4.69, 9.17) is 9.47 Å². The number of aryl methyl sites for hydroxylation is 1. The number of ether oxygens (including phenoxy) is 2. The first-order chi connectivity index (χ1) is 12.8. The lowest BCUT2D eigenvalue weighted by molar-refractivity contribution is -0.154. The molecule has 0 aliphatic carbocycles. The Morgan fingerprint density at radius 2 is 1.70 bits per heavy atom. The summed E-state index contributed by atoms with van der Waals surface area (Å²) in [6.45, 7) is 9.27. The van der Waals surface area contributed by atoms with Crippen molar-refractivity contribution in [2.24, 2.45) is 5.41 Å². The molecule has 0 aliphatic rings. The molecule has 2 rings (SSSR count). The predicted octanol–water partition coefficient (Wildman–Crippen LogP) is 5.43. The Balaban J connectivity index is 2.16. The summed E-state index contributed by atoms with van der Waals surface area (Å²) >= 11 is 3.51. The van der Waals surface area contributed by atoms with Gasteiger partial charge in [0.15, 0.2) is 0 Å². The lowest BCUT2D eigenvalue weighted by atomic mass is 9.82. The summed E-state index contributed by atoms with van der Waals surface area (Å²) in [7, 11) is 0. The zero-order valence-electron chi connectivity index (χ0n) is 16.6. The largest absolute Gasteiger partial charge is 0.460 e. The van der Waals surface area contributed by atoms with Gasteiger partial charge in [-0.2, -0.15) is 0 Å². The van der Waals surface area contributed by atoms with E-state index in [1.54, 1.807) is 0 Å². The number of carbonyl (C=O) groups is 1. The third-order valence-electron chi connectivity index (χ3n) is 4.56. The average molecular weight is 433 g/mol. The van der Waals surface area contributed by atoms with Crippen molar-refractivity contribution in [3.63, 3.8) is 0 Å². The van der Waals surface area contributed by atoms with Gasteiger partial charge in [0.1, 0.15) is 12.0 Å². The number of esters is 1. The van der Waals surface area contributed by atoms with Gasteiger partial charge in [0.2, 0.25) is 0 Å². The molecule has 1 atom stereocenters. The second kappa shape index (κ2) is 9.52. The van der Waals surface area contributed by atoms with Gasteiger partial charge in [-0.1, -0.05) is 89.9 Å². The molecule has 0 fully saturated rings. The van der Waals surface area contributed by atoms with E-state index in [1.165, 1.54) is 0 Å². The van der Waals surface area contributed by atoms with Crippen LogP contribution in [0.5, 0.6) is 0 Å². The van der Waals surface area contributed by atoms with Gasteiger partial charge in [0, 0.05) is 5.33 Å². The summed E-state index contributed by atoms with van der Waals surface area (Å²) in [5.41, 5.74) is 2.14. The number of hydrogen-bond donors (Lipinski definition) is 0. The van der Waals surface area contributed by atoms with Crippen LogP contribution in [0.2, 0.25) is 0 Å². The third kappa shape index (κ3) is 6.18. The van der Waals surface area contributed by atoms with E-state index in [0.29, 0.717) is 6.61 Å². The lowest BCUT2D eigenvalue weighted by Gasteiger charge is -2.30. The molecule has 1 unspecified atom stereocenters. The number of alkyl halides is 1. The topological polar surface area (TPSA) is 35.5 Å². The molecule has 2 aromatic rings. The fraction of sp³-hybridized carbons (Fsp3) is 0.435.